The van der Waals surface area contributed by atoms with Crippen LogP contribution in [0.1, 0.15) is 52.0 Å². The summed E-state index contributed by atoms with van der Waals surface area (Å²) in [6.07, 6.45) is 4.94. The molecule has 1 amide bonds. The molecule has 4 nitrogen and oxygen atoms in total. The quantitative estimate of drug-likeness (QED) is 0.756. The van der Waals surface area contributed by atoms with Crippen LogP contribution in [0.15, 0.2) is 22.7 Å². The first kappa shape index (κ1) is 18.6. The van der Waals surface area contributed by atoms with E-state index >= 15 is 0 Å². The fraction of sp³-hybridized carbons (Fsp3) is 0.650. The lowest BCUT2D eigenvalue weighted by atomic mass is 9.64. The highest BCUT2D eigenvalue weighted by Crippen LogP contribution is 2.45. The number of ether oxygens (including phenoxy) is 1. The van der Waals surface area contributed by atoms with E-state index in [1.165, 1.54) is 22.8 Å². The van der Waals surface area contributed by atoms with Gasteiger partial charge in [-0.05, 0) is 55.2 Å². The Morgan fingerprint density at radius 1 is 1.32 bits per heavy atom. The van der Waals surface area contributed by atoms with E-state index in [4.69, 9.17) is 4.74 Å². The number of alkyl carbamates (subject to hydrolysis) is 1. The SMILES string of the molecule is COC(=O)NC1(C(C)(C)C)CCC(N2CCc3c(Br)cccc32)CC1. The summed E-state index contributed by atoms with van der Waals surface area (Å²) < 4.78 is 6.12. The summed E-state index contributed by atoms with van der Waals surface area (Å²) >= 11 is 3.69. The van der Waals surface area contributed by atoms with Crippen molar-refractivity contribution in [2.45, 2.75) is 64.5 Å². The Hall–Kier alpha value is -1.23. The number of hydrogen-bond donors (Lipinski definition) is 1. The number of fused-ring (bicyclic) bond motifs is 1. The Balaban J connectivity index is 1.75. The normalized spacial score (nSPS) is 26.3. The van der Waals surface area contributed by atoms with Crippen LogP contribution in [-0.2, 0) is 11.2 Å². The molecule has 1 N–H and O–H groups in total. The molecule has 0 unspecified atom stereocenters. The predicted molar refractivity (Wildman–Crippen MR) is 105 cm³/mol. The Labute approximate surface area is 159 Å². The van der Waals surface area contributed by atoms with Crippen molar-refractivity contribution in [2.75, 3.05) is 18.6 Å². The first-order valence-corrected chi connectivity index (χ1v) is 9.97. The van der Waals surface area contributed by atoms with Crippen LogP contribution in [0.3, 0.4) is 0 Å². The second-order valence-electron chi connectivity index (χ2n) is 8.36. The van der Waals surface area contributed by atoms with Gasteiger partial charge in [-0.15, -0.1) is 0 Å². The third-order valence-corrected chi connectivity index (χ3v) is 6.96. The number of halogens is 1. The minimum Gasteiger partial charge on any atom is -0.453 e. The average molecular weight is 409 g/mol. The number of anilines is 1. The molecule has 0 saturated heterocycles. The Morgan fingerprint density at radius 3 is 2.60 bits per heavy atom. The molecular formula is C20H29BrN2O2. The maximum Gasteiger partial charge on any atom is 0.407 e. The number of benzene rings is 1. The summed E-state index contributed by atoms with van der Waals surface area (Å²) in [4.78, 5) is 14.5. The van der Waals surface area contributed by atoms with Gasteiger partial charge in [0.25, 0.3) is 0 Å². The number of hydrogen-bond acceptors (Lipinski definition) is 3. The van der Waals surface area contributed by atoms with Crippen LogP contribution in [0, 0.1) is 5.41 Å². The molecule has 5 heteroatoms. The summed E-state index contributed by atoms with van der Waals surface area (Å²) in [7, 11) is 1.44. The first-order chi connectivity index (χ1) is 11.8. The molecule has 1 aliphatic carbocycles. The Bertz CT molecular complexity index is 646. The fourth-order valence-corrected chi connectivity index (χ4v) is 5.07. The molecule has 0 atom stereocenters. The summed E-state index contributed by atoms with van der Waals surface area (Å²) in [6, 6.07) is 7.05. The number of amides is 1. The van der Waals surface area contributed by atoms with Gasteiger partial charge in [-0.1, -0.05) is 42.8 Å². The maximum absolute atomic E-state index is 11.9. The summed E-state index contributed by atoms with van der Waals surface area (Å²) in [5, 5.41) is 3.17. The zero-order chi connectivity index (χ0) is 18.2. The van der Waals surface area contributed by atoms with Gasteiger partial charge >= 0.3 is 6.09 Å². The van der Waals surface area contributed by atoms with E-state index in [2.05, 4.69) is 65.1 Å². The molecular weight excluding hydrogens is 380 g/mol. The van der Waals surface area contributed by atoms with Gasteiger partial charge in [-0.25, -0.2) is 4.79 Å². The average Bonchev–Trinajstić information content (AvgIpc) is 3.00. The molecule has 2 aliphatic rings. The number of carbonyl (C=O) groups excluding carboxylic acids is 1. The molecule has 25 heavy (non-hydrogen) atoms. The Kier molecular flexibility index (Phi) is 5.06. The zero-order valence-corrected chi connectivity index (χ0v) is 17.3. The molecule has 1 aromatic carbocycles. The van der Waals surface area contributed by atoms with Crippen LogP contribution in [-0.4, -0.2) is 31.3 Å². The smallest absolute Gasteiger partial charge is 0.407 e. The van der Waals surface area contributed by atoms with Crippen molar-refractivity contribution in [3.8, 4) is 0 Å². The van der Waals surface area contributed by atoms with Crippen molar-refractivity contribution < 1.29 is 9.53 Å². The van der Waals surface area contributed by atoms with Crippen LogP contribution >= 0.6 is 15.9 Å². The number of rotatable bonds is 2. The molecule has 0 spiro atoms. The number of nitrogens with zero attached hydrogens (tertiary/aromatic N) is 1. The largest absolute Gasteiger partial charge is 0.453 e. The number of nitrogens with one attached hydrogen (secondary N) is 1. The van der Waals surface area contributed by atoms with E-state index in [1.54, 1.807) is 0 Å². The summed E-state index contributed by atoms with van der Waals surface area (Å²) in [5.41, 5.74) is 2.61. The van der Waals surface area contributed by atoms with Crippen LogP contribution in [0.4, 0.5) is 10.5 Å². The standard InChI is InChI=1S/C20H29BrN2O2/c1-19(2,3)20(22-18(24)25-4)11-8-14(9-12-20)23-13-10-15-16(21)6-5-7-17(15)23/h5-7,14H,8-13H2,1-4H3,(H,22,24). The Morgan fingerprint density at radius 2 is 2.00 bits per heavy atom. The van der Waals surface area contributed by atoms with Crippen molar-refractivity contribution in [3.05, 3.63) is 28.2 Å². The topological polar surface area (TPSA) is 41.6 Å². The van der Waals surface area contributed by atoms with E-state index in [0.29, 0.717) is 6.04 Å². The van der Waals surface area contributed by atoms with E-state index in [9.17, 15) is 4.79 Å². The minimum atomic E-state index is -0.316. The van der Waals surface area contributed by atoms with Crippen LogP contribution < -0.4 is 10.2 Å². The third-order valence-electron chi connectivity index (χ3n) is 6.22. The minimum absolute atomic E-state index is 0.00188. The molecule has 1 heterocycles. The molecule has 1 aliphatic heterocycles. The predicted octanol–water partition coefficient (Wildman–Crippen LogP) is 4.90. The molecule has 0 bridgehead atoms. The molecule has 1 fully saturated rings. The van der Waals surface area contributed by atoms with E-state index in [-0.39, 0.29) is 17.0 Å². The van der Waals surface area contributed by atoms with Crippen molar-refractivity contribution in [1.29, 1.82) is 0 Å². The molecule has 1 saturated carbocycles. The second-order valence-corrected chi connectivity index (χ2v) is 9.22. The highest BCUT2D eigenvalue weighted by molar-refractivity contribution is 9.10. The highest BCUT2D eigenvalue weighted by atomic mass is 79.9. The van der Waals surface area contributed by atoms with Crippen molar-refractivity contribution in [3.63, 3.8) is 0 Å². The lowest BCUT2D eigenvalue weighted by molar-refractivity contribution is 0.0719. The van der Waals surface area contributed by atoms with E-state index in [1.807, 2.05) is 0 Å². The molecule has 3 rings (SSSR count). The lowest BCUT2D eigenvalue weighted by Gasteiger charge is -2.50. The summed E-state index contributed by atoms with van der Waals surface area (Å²) in [5.74, 6) is 0. The third kappa shape index (κ3) is 3.40. The van der Waals surface area contributed by atoms with Crippen LogP contribution in [0.25, 0.3) is 0 Å². The van der Waals surface area contributed by atoms with Crippen molar-refractivity contribution in [1.82, 2.24) is 5.32 Å². The first-order valence-electron chi connectivity index (χ1n) is 9.17. The number of methoxy groups -OCH3 is 1. The van der Waals surface area contributed by atoms with Crippen LogP contribution in [0.2, 0.25) is 0 Å². The zero-order valence-electron chi connectivity index (χ0n) is 15.7. The van der Waals surface area contributed by atoms with Gasteiger partial charge in [-0.3, -0.25) is 0 Å². The molecule has 0 aromatic heterocycles. The fourth-order valence-electron chi connectivity index (χ4n) is 4.51. The van der Waals surface area contributed by atoms with Crippen molar-refractivity contribution >= 4 is 27.7 Å². The lowest BCUT2D eigenvalue weighted by Crippen LogP contribution is -2.60. The van der Waals surface area contributed by atoms with Gasteiger partial charge in [0.05, 0.1) is 7.11 Å². The van der Waals surface area contributed by atoms with E-state index in [0.717, 1.165) is 38.6 Å². The summed E-state index contributed by atoms with van der Waals surface area (Å²) in [6.45, 7) is 7.73. The monoisotopic (exact) mass is 408 g/mol. The number of carbonyl (C=O) groups is 1. The maximum atomic E-state index is 11.9. The molecule has 1 aromatic rings. The molecule has 0 radical (unpaired) electrons. The van der Waals surface area contributed by atoms with Gasteiger partial charge < -0.3 is 15.0 Å². The van der Waals surface area contributed by atoms with Gasteiger partial charge in [0, 0.05) is 28.3 Å². The van der Waals surface area contributed by atoms with Crippen molar-refractivity contribution in [2.24, 2.45) is 5.41 Å². The van der Waals surface area contributed by atoms with E-state index < -0.39 is 0 Å². The molecule has 138 valence electrons. The van der Waals surface area contributed by atoms with Gasteiger partial charge in [0.2, 0.25) is 0 Å². The highest BCUT2D eigenvalue weighted by Gasteiger charge is 2.47. The van der Waals surface area contributed by atoms with Crippen LogP contribution in [0.5, 0.6) is 0 Å². The van der Waals surface area contributed by atoms with Gasteiger partial charge in [0.1, 0.15) is 0 Å². The van der Waals surface area contributed by atoms with Gasteiger partial charge in [-0.2, -0.15) is 0 Å². The van der Waals surface area contributed by atoms with Gasteiger partial charge in [0.15, 0.2) is 0 Å². The second kappa shape index (κ2) is 6.82.